The second kappa shape index (κ2) is 4.82. The van der Waals surface area contributed by atoms with Gasteiger partial charge in [-0.1, -0.05) is 12.1 Å². The zero-order chi connectivity index (χ0) is 14.3. The van der Waals surface area contributed by atoms with Gasteiger partial charge in [0.2, 0.25) is 5.91 Å². The molecule has 1 aromatic carbocycles. The largest absolute Gasteiger partial charge is 0.376 e. The molecule has 20 heavy (non-hydrogen) atoms. The van der Waals surface area contributed by atoms with Crippen LogP contribution >= 0.6 is 12.2 Å². The normalized spacial score (nSPS) is 22.0. The Morgan fingerprint density at radius 1 is 1.45 bits per heavy atom. The molecule has 1 saturated heterocycles. The number of hydrogen-bond acceptors (Lipinski definition) is 3. The summed E-state index contributed by atoms with van der Waals surface area (Å²) < 4.78 is 7.79. The number of hydrogen-bond donors (Lipinski definition) is 1. The minimum atomic E-state index is -0.243. The summed E-state index contributed by atoms with van der Waals surface area (Å²) >= 11 is 5.31. The molecule has 0 spiro atoms. The van der Waals surface area contributed by atoms with Crippen molar-refractivity contribution in [1.29, 1.82) is 0 Å². The molecule has 1 fully saturated rings. The number of aromatic nitrogens is 2. The topological polar surface area (TPSA) is 47.0 Å². The van der Waals surface area contributed by atoms with Crippen molar-refractivity contribution in [2.75, 3.05) is 6.61 Å². The Bertz CT molecular complexity index is 714. The van der Waals surface area contributed by atoms with Crippen molar-refractivity contribution < 1.29 is 9.53 Å². The van der Waals surface area contributed by atoms with Crippen molar-refractivity contribution in [2.45, 2.75) is 32.3 Å². The van der Waals surface area contributed by atoms with Crippen LogP contribution in [0.4, 0.5) is 0 Å². The number of para-hydroxylation sites is 2. The van der Waals surface area contributed by atoms with Gasteiger partial charge in [-0.25, -0.2) is 0 Å². The lowest BCUT2D eigenvalue weighted by Crippen LogP contribution is -2.38. The summed E-state index contributed by atoms with van der Waals surface area (Å²) in [5.74, 6) is 0.0356. The van der Waals surface area contributed by atoms with Gasteiger partial charge < -0.3 is 9.72 Å². The third-order valence-corrected chi connectivity index (χ3v) is 4.14. The SMILES string of the molecule is CC1(C)CC(C(=O)n2c(=S)[nH]c3ccccc32)CCO1. The molecular weight excluding hydrogens is 272 g/mol. The fraction of sp³-hybridized carbons (Fsp3) is 0.467. The van der Waals surface area contributed by atoms with Gasteiger partial charge in [0.1, 0.15) is 0 Å². The summed E-state index contributed by atoms with van der Waals surface area (Å²) in [6, 6.07) is 7.70. The van der Waals surface area contributed by atoms with E-state index in [2.05, 4.69) is 4.98 Å². The second-order valence-corrected chi connectivity index (χ2v) is 6.31. The minimum Gasteiger partial charge on any atom is -0.376 e. The highest BCUT2D eigenvalue weighted by atomic mass is 32.1. The highest BCUT2D eigenvalue weighted by Crippen LogP contribution is 2.30. The number of carbonyl (C=O) groups is 1. The van der Waals surface area contributed by atoms with E-state index in [4.69, 9.17) is 17.0 Å². The molecule has 1 aliphatic heterocycles. The molecule has 0 aliphatic carbocycles. The Balaban J connectivity index is 2.01. The smallest absolute Gasteiger partial charge is 0.236 e. The fourth-order valence-corrected chi connectivity index (χ4v) is 3.20. The molecular formula is C15H18N2O2S. The molecule has 0 amide bonds. The van der Waals surface area contributed by atoms with Gasteiger partial charge in [-0.3, -0.25) is 9.36 Å². The quantitative estimate of drug-likeness (QED) is 0.817. The summed E-state index contributed by atoms with van der Waals surface area (Å²) in [4.78, 5) is 15.9. The Kier molecular flexibility index (Phi) is 3.26. The van der Waals surface area contributed by atoms with Crippen LogP contribution in [0.2, 0.25) is 0 Å². The van der Waals surface area contributed by atoms with Crippen LogP contribution in [0.1, 0.15) is 31.5 Å². The monoisotopic (exact) mass is 290 g/mol. The number of aromatic amines is 1. The Labute approximate surface area is 122 Å². The zero-order valence-corrected chi connectivity index (χ0v) is 12.5. The molecule has 2 aromatic rings. The van der Waals surface area contributed by atoms with Gasteiger partial charge in [-0.2, -0.15) is 0 Å². The van der Waals surface area contributed by atoms with Crippen LogP contribution in [0.3, 0.4) is 0 Å². The molecule has 0 saturated carbocycles. The summed E-state index contributed by atoms with van der Waals surface area (Å²) in [5, 5.41) is 0. The summed E-state index contributed by atoms with van der Waals surface area (Å²) in [6.45, 7) is 4.68. The van der Waals surface area contributed by atoms with Crippen LogP contribution in [0.15, 0.2) is 24.3 Å². The molecule has 1 aromatic heterocycles. The standard InChI is InChI=1S/C15H18N2O2S/c1-15(2)9-10(7-8-19-15)13(18)17-12-6-4-3-5-11(12)16-14(17)20/h3-6,10H,7-9H2,1-2H3,(H,16,20). The summed E-state index contributed by atoms with van der Waals surface area (Å²) in [7, 11) is 0. The number of nitrogens with zero attached hydrogens (tertiary/aromatic N) is 1. The van der Waals surface area contributed by atoms with Crippen molar-refractivity contribution in [3.63, 3.8) is 0 Å². The Morgan fingerprint density at radius 3 is 2.95 bits per heavy atom. The maximum Gasteiger partial charge on any atom is 0.236 e. The lowest BCUT2D eigenvalue weighted by atomic mass is 9.87. The van der Waals surface area contributed by atoms with Crippen molar-refractivity contribution in [2.24, 2.45) is 5.92 Å². The average Bonchev–Trinajstić information content (AvgIpc) is 2.72. The van der Waals surface area contributed by atoms with Crippen molar-refractivity contribution in [3.8, 4) is 0 Å². The highest BCUT2D eigenvalue weighted by Gasteiger charge is 2.34. The summed E-state index contributed by atoms with van der Waals surface area (Å²) in [5.41, 5.74) is 1.51. The first-order valence-corrected chi connectivity index (χ1v) is 7.27. The van der Waals surface area contributed by atoms with Crippen molar-refractivity contribution >= 4 is 29.2 Å². The first kappa shape index (κ1) is 13.5. The summed E-state index contributed by atoms with van der Waals surface area (Å²) in [6.07, 6.45) is 1.48. The molecule has 106 valence electrons. The molecule has 0 bridgehead atoms. The van der Waals surface area contributed by atoms with Crippen molar-refractivity contribution in [1.82, 2.24) is 9.55 Å². The van der Waals surface area contributed by atoms with Gasteiger partial charge in [0, 0.05) is 12.5 Å². The fourth-order valence-electron chi connectivity index (χ4n) is 2.90. The van der Waals surface area contributed by atoms with Gasteiger partial charge in [-0.05, 0) is 51.0 Å². The van der Waals surface area contributed by atoms with Gasteiger partial charge in [0.25, 0.3) is 0 Å². The highest BCUT2D eigenvalue weighted by molar-refractivity contribution is 7.71. The number of carbonyl (C=O) groups excluding carboxylic acids is 1. The molecule has 1 aliphatic rings. The van der Waals surface area contributed by atoms with Gasteiger partial charge >= 0.3 is 0 Å². The number of rotatable bonds is 1. The maximum absolute atomic E-state index is 12.8. The van der Waals surface area contributed by atoms with E-state index in [0.29, 0.717) is 11.4 Å². The third-order valence-electron chi connectivity index (χ3n) is 3.86. The molecule has 3 rings (SSSR count). The Hall–Kier alpha value is -1.46. The van der Waals surface area contributed by atoms with Crippen LogP contribution in [-0.4, -0.2) is 27.7 Å². The van der Waals surface area contributed by atoms with E-state index < -0.39 is 0 Å². The predicted octanol–water partition coefficient (Wildman–Crippen LogP) is 3.54. The number of H-pyrrole nitrogens is 1. The number of ether oxygens (including phenoxy) is 1. The number of imidazole rings is 1. The van der Waals surface area contributed by atoms with Crippen LogP contribution < -0.4 is 0 Å². The van der Waals surface area contributed by atoms with Gasteiger partial charge in [0.05, 0.1) is 16.6 Å². The van der Waals surface area contributed by atoms with Crippen molar-refractivity contribution in [3.05, 3.63) is 29.0 Å². The number of benzene rings is 1. The second-order valence-electron chi connectivity index (χ2n) is 5.92. The van der Waals surface area contributed by atoms with E-state index >= 15 is 0 Å². The van der Waals surface area contributed by atoms with E-state index in [-0.39, 0.29) is 17.4 Å². The van der Waals surface area contributed by atoms with Crippen LogP contribution in [-0.2, 0) is 4.74 Å². The molecule has 1 unspecified atom stereocenters. The molecule has 1 atom stereocenters. The number of nitrogens with one attached hydrogen (secondary N) is 1. The first-order valence-electron chi connectivity index (χ1n) is 6.86. The maximum atomic E-state index is 12.8. The average molecular weight is 290 g/mol. The zero-order valence-electron chi connectivity index (χ0n) is 11.7. The van der Waals surface area contributed by atoms with Gasteiger partial charge in [0.15, 0.2) is 4.77 Å². The van der Waals surface area contributed by atoms with E-state index in [0.717, 1.165) is 23.9 Å². The van der Waals surface area contributed by atoms with Gasteiger partial charge in [-0.15, -0.1) is 0 Å². The Morgan fingerprint density at radius 2 is 2.20 bits per heavy atom. The molecule has 4 nitrogen and oxygen atoms in total. The van der Waals surface area contributed by atoms with Crippen LogP contribution in [0, 0.1) is 10.7 Å². The van der Waals surface area contributed by atoms with E-state index in [1.165, 1.54) is 0 Å². The minimum absolute atomic E-state index is 0.0374. The number of fused-ring (bicyclic) bond motifs is 1. The molecule has 5 heteroatoms. The predicted molar refractivity (Wildman–Crippen MR) is 80.5 cm³/mol. The van der Waals surface area contributed by atoms with Crippen LogP contribution in [0.25, 0.3) is 11.0 Å². The first-order chi connectivity index (χ1) is 9.48. The third kappa shape index (κ3) is 2.31. The van der Waals surface area contributed by atoms with Crippen LogP contribution in [0.5, 0.6) is 0 Å². The lowest BCUT2D eigenvalue weighted by molar-refractivity contribution is -0.0676. The van der Waals surface area contributed by atoms with E-state index in [9.17, 15) is 4.79 Å². The lowest BCUT2D eigenvalue weighted by Gasteiger charge is -2.34. The molecule has 1 N–H and O–H groups in total. The van der Waals surface area contributed by atoms with E-state index in [1.807, 2.05) is 38.1 Å². The molecule has 2 heterocycles. The molecule has 0 radical (unpaired) electrons. The van der Waals surface area contributed by atoms with E-state index in [1.54, 1.807) is 4.57 Å².